The van der Waals surface area contributed by atoms with E-state index < -0.39 is 28.1 Å². The van der Waals surface area contributed by atoms with Gasteiger partial charge in [0.05, 0.1) is 28.0 Å². The lowest BCUT2D eigenvalue weighted by Crippen LogP contribution is -2.12. The van der Waals surface area contributed by atoms with Gasteiger partial charge < -0.3 is 4.74 Å². The molecule has 0 aliphatic heterocycles. The van der Waals surface area contributed by atoms with Gasteiger partial charge in [-0.2, -0.15) is 26.3 Å². The molecular formula is C31H25F6NOS2. The quantitative estimate of drug-likeness (QED) is 0.0623. The van der Waals surface area contributed by atoms with Crippen LogP contribution in [0.25, 0.3) is 11.1 Å². The Kier molecular flexibility index (Phi) is 10.1. The first-order valence-corrected chi connectivity index (χ1v) is 14.3. The Balaban J connectivity index is 1.62. The SMILES string of the molecule is CCOC(CC(Sc1cccc(C(F)(F)F)c1)Sc1cccc(C(F)(F)F)c1)=Nc1ccc(-c2ccccc2)cc1. The molecule has 0 aromatic heterocycles. The van der Waals surface area contributed by atoms with Crippen LogP contribution in [0.2, 0.25) is 0 Å². The van der Waals surface area contributed by atoms with Crippen LogP contribution in [0.3, 0.4) is 0 Å². The van der Waals surface area contributed by atoms with E-state index in [1.807, 2.05) is 54.6 Å². The van der Waals surface area contributed by atoms with Gasteiger partial charge in [0.25, 0.3) is 0 Å². The first-order valence-electron chi connectivity index (χ1n) is 12.5. The van der Waals surface area contributed by atoms with Crippen LogP contribution in [0.4, 0.5) is 32.0 Å². The zero-order valence-electron chi connectivity index (χ0n) is 21.7. The number of hydrogen-bond acceptors (Lipinski definition) is 4. The number of nitrogens with zero attached hydrogens (tertiary/aromatic N) is 1. The summed E-state index contributed by atoms with van der Waals surface area (Å²) in [4.78, 5) is 5.28. The second-order valence-electron chi connectivity index (χ2n) is 8.77. The van der Waals surface area contributed by atoms with Crippen LogP contribution in [0.1, 0.15) is 24.5 Å². The van der Waals surface area contributed by atoms with Crippen LogP contribution in [-0.2, 0) is 17.1 Å². The lowest BCUT2D eigenvalue weighted by Gasteiger charge is -2.19. The number of hydrogen-bond donors (Lipinski definition) is 0. The molecule has 4 aromatic carbocycles. The minimum absolute atomic E-state index is 0.149. The molecule has 0 N–H and O–H groups in total. The van der Waals surface area contributed by atoms with Gasteiger partial charge in [-0.1, -0.05) is 54.6 Å². The summed E-state index contributed by atoms with van der Waals surface area (Å²) in [6.07, 6.45) is -8.90. The number of thioether (sulfide) groups is 2. The summed E-state index contributed by atoms with van der Waals surface area (Å²) >= 11 is 2.23. The molecule has 2 nitrogen and oxygen atoms in total. The molecule has 0 unspecified atom stereocenters. The maximum atomic E-state index is 13.3. The molecule has 0 amide bonds. The number of rotatable bonds is 9. The van der Waals surface area contributed by atoms with Crippen molar-refractivity contribution in [2.45, 2.75) is 40.1 Å². The van der Waals surface area contributed by atoms with Crippen molar-refractivity contribution in [3.05, 3.63) is 114 Å². The third kappa shape index (κ3) is 9.06. The lowest BCUT2D eigenvalue weighted by molar-refractivity contribution is -0.138. The number of aliphatic imine (C=N–C) groups is 1. The Bertz CT molecular complexity index is 1390. The van der Waals surface area contributed by atoms with Gasteiger partial charge in [0.1, 0.15) is 0 Å². The topological polar surface area (TPSA) is 21.6 Å². The number of benzene rings is 4. The van der Waals surface area contributed by atoms with Crippen molar-refractivity contribution in [3.63, 3.8) is 0 Å². The fraction of sp³-hybridized carbons (Fsp3) is 0.194. The highest BCUT2D eigenvalue weighted by Gasteiger charge is 2.32. The van der Waals surface area contributed by atoms with Crippen molar-refractivity contribution in [1.29, 1.82) is 0 Å². The molecular weight excluding hydrogens is 580 g/mol. The van der Waals surface area contributed by atoms with Gasteiger partial charge in [0, 0.05) is 16.2 Å². The van der Waals surface area contributed by atoms with E-state index in [0.29, 0.717) is 21.4 Å². The van der Waals surface area contributed by atoms with E-state index in [1.54, 1.807) is 19.1 Å². The molecule has 0 aliphatic carbocycles. The molecule has 10 heteroatoms. The second-order valence-corrected chi connectivity index (χ2v) is 11.6. The first-order chi connectivity index (χ1) is 19.5. The highest BCUT2D eigenvalue weighted by molar-refractivity contribution is 8.17. The summed E-state index contributed by atoms with van der Waals surface area (Å²) in [6, 6.07) is 27.0. The zero-order chi connectivity index (χ0) is 29.5. The van der Waals surface area contributed by atoms with E-state index in [1.165, 1.54) is 12.1 Å². The van der Waals surface area contributed by atoms with Gasteiger partial charge in [-0.25, -0.2) is 4.99 Å². The summed E-state index contributed by atoms with van der Waals surface area (Å²) in [7, 11) is 0. The predicted octanol–water partition coefficient (Wildman–Crippen LogP) is 10.8. The van der Waals surface area contributed by atoms with Gasteiger partial charge >= 0.3 is 12.4 Å². The van der Waals surface area contributed by atoms with Crippen LogP contribution in [0, 0.1) is 0 Å². The summed E-state index contributed by atoms with van der Waals surface area (Å²) in [5, 5.41) is 0. The van der Waals surface area contributed by atoms with E-state index >= 15 is 0 Å². The van der Waals surface area contributed by atoms with Gasteiger partial charge in [-0.05, 0) is 66.6 Å². The number of ether oxygens (including phenoxy) is 1. The molecule has 0 heterocycles. The molecule has 0 atom stereocenters. The summed E-state index contributed by atoms with van der Waals surface area (Å²) in [5.41, 5.74) is 1.05. The van der Waals surface area contributed by atoms with Crippen molar-refractivity contribution in [3.8, 4) is 11.1 Å². The fourth-order valence-corrected chi connectivity index (χ4v) is 6.47. The van der Waals surface area contributed by atoms with Crippen molar-refractivity contribution >= 4 is 35.1 Å². The Morgan fingerprint density at radius 2 is 1.20 bits per heavy atom. The van der Waals surface area contributed by atoms with E-state index in [9.17, 15) is 26.3 Å². The van der Waals surface area contributed by atoms with Gasteiger partial charge in [0.15, 0.2) is 5.90 Å². The smallest absolute Gasteiger partial charge is 0.416 e. The average Bonchev–Trinajstić information content (AvgIpc) is 2.93. The van der Waals surface area contributed by atoms with Gasteiger partial charge in [-0.3, -0.25) is 0 Å². The first kappa shape index (κ1) is 30.6. The van der Waals surface area contributed by atoms with Crippen molar-refractivity contribution in [2.24, 2.45) is 4.99 Å². The molecule has 0 fully saturated rings. The molecule has 0 saturated carbocycles. The largest absolute Gasteiger partial charge is 0.481 e. The molecule has 0 saturated heterocycles. The molecule has 214 valence electrons. The van der Waals surface area contributed by atoms with Gasteiger partial charge in [0.2, 0.25) is 0 Å². The molecule has 4 aromatic rings. The monoisotopic (exact) mass is 605 g/mol. The average molecular weight is 606 g/mol. The van der Waals surface area contributed by atoms with E-state index in [-0.39, 0.29) is 13.0 Å². The van der Waals surface area contributed by atoms with E-state index in [4.69, 9.17) is 4.74 Å². The molecule has 0 aliphatic rings. The van der Waals surface area contributed by atoms with Crippen LogP contribution in [0.15, 0.2) is 118 Å². The highest BCUT2D eigenvalue weighted by atomic mass is 32.2. The Hall–Kier alpha value is -3.37. The summed E-state index contributed by atoms with van der Waals surface area (Å²) in [6.45, 7) is 2.07. The third-order valence-corrected chi connectivity index (χ3v) is 8.23. The second kappa shape index (κ2) is 13.5. The van der Waals surface area contributed by atoms with E-state index in [0.717, 1.165) is 58.9 Å². The Labute approximate surface area is 242 Å². The molecule has 0 radical (unpaired) electrons. The Morgan fingerprint density at radius 1 is 0.683 bits per heavy atom. The lowest BCUT2D eigenvalue weighted by atomic mass is 10.1. The zero-order valence-corrected chi connectivity index (χ0v) is 23.4. The number of alkyl halides is 6. The summed E-state index contributed by atoms with van der Waals surface area (Å²) in [5.74, 6) is 0.323. The van der Waals surface area contributed by atoms with Crippen LogP contribution in [-0.4, -0.2) is 17.1 Å². The molecule has 4 rings (SSSR count). The standard InChI is InChI=1S/C31H25F6NOS2/c1-2-39-28(38-25-16-14-22(15-17-25)21-8-4-3-5-9-21)20-29(40-26-12-6-10-23(18-26)30(32,33)34)41-27-13-7-11-24(19-27)31(35,36)37/h3-19,29H,2,20H2,1H3. The normalized spacial score (nSPS) is 12.5. The molecule has 0 bridgehead atoms. The van der Waals surface area contributed by atoms with Crippen LogP contribution in [0.5, 0.6) is 0 Å². The Morgan fingerprint density at radius 3 is 1.68 bits per heavy atom. The number of halogens is 6. The maximum absolute atomic E-state index is 13.3. The minimum Gasteiger partial charge on any atom is -0.481 e. The van der Waals surface area contributed by atoms with E-state index in [2.05, 4.69) is 4.99 Å². The predicted molar refractivity (Wildman–Crippen MR) is 154 cm³/mol. The maximum Gasteiger partial charge on any atom is 0.416 e. The van der Waals surface area contributed by atoms with Crippen molar-refractivity contribution in [1.82, 2.24) is 0 Å². The fourth-order valence-electron chi connectivity index (χ4n) is 3.85. The molecule has 0 spiro atoms. The van der Waals surface area contributed by atoms with Gasteiger partial charge in [-0.15, -0.1) is 23.5 Å². The van der Waals surface area contributed by atoms with Crippen molar-refractivity contribution < 1.29 is 31.1 Å². The molecule has 41 heavy (non-hydrogen) atoms. The highest BCUT2D eigenvalue weighted by Crippen LogP contribution is 2.41. The van der Waals surface area contributed by atoms with Crippen LogP contribution < -0.4 is 0 Å². The minimum atomic E-state index is -4.52. The summed E-state index contributed by atoms with van der Waals surface area (Å²) < 4.78 is 85.3. The van der Waals surface area contributed by atoms with Crippen LogP contribution >= 0.6 is 23.5 Å². The third-order valence-electron chi connectivity index (χ3n) is 5.74. The van der Waals surface area contributed by atoms with Crippen molar-refractivity contribution in [2.75, 3.05) is 6.61 Å².